The number of hydrogen-bond acceptors (Lipinski definition) is 5. The van der Waals surface area contributed by atoms with Crippen molar-refractivity contribution in [3.05, 3.63) is 21.7 Å². The Morgan fingerprint density at radius 3 is 2.67 bits per heavy atom. The van der Waals surface area contributed by atoms with Gasteiger partial charge in [-0.1, -0.05) is 0 Å². The van der Waals surface area contributed by atoms with Crippen molar-refractivity contribution in [3.8, 4) is 11.6 Å². The maximum absolute atomic E-state index is 12.3. The van der Waals surface area contributed by atoms with Gasteiger partial charge in [-0.15, -0.1) is 0 Å². The molecule has 0 radical (unpaired) electrons. The summed E-state index contributed by atoms with van der Waals surface area (Å²) in [5, 5.41) is 19.5. The van der Waals surface area contributed by atoms with Crippen molar-refractivity contribution in [1.29, 1.82) is 0 Å². The van der Waals surface area contributed by atoms with Gasteiger partial charge in [-0.05, 0) is 4.92 Å². The van der Waals surface area contributed by atoms with Crippen molar-refractivity contribution in [1.82, 2.24) is 4.98 Å². The average molecular weight is 220 g/mol. The summed E-state index contributed by atoms with van der Waals surface area (Å²) >= 11 is 0. The summed E-state index contributed by atoms with van der Waals surface area (Å²) in [5.74, 6) is -2.29. The molecule has 0 amide bonds. The molecule has 0 fully saturated rings. The molecule has 0 spiro atoms. The van der Waals surface area contributed by atoms with E-state index in [1.807, 2.05) is 0 Å². The molecule has 0 atom stereocenters. The van der Waals surface area contributed by atoms with Crippen molar-refractivity contribution in [2.24, 2.45) is 0 Å². The summed E-state index contributed by atoms with van der Waals surface area (Å²) in [6, 6.07) is 0.502. The molecule has 82 valence electrons. The molecule has 0 bridgehead atoms. The van der Waals surface area contributed by atoms with Crippen LogP contribution in [0.4, 0.5) is 14.6 Å². The number of hydrogen-bond donors (Lipinski definition) is 1. The van der Waals surface area contributed by atoms with Gasteiger partial charge in [-0.3, -0.25) is 0 Å². The third-order valence-corrected chi connectivity index (χ3v) is 1.59. The highest BCUT2D eigenvalue weighted by Gasteiger charge is 2.25. The number of nitrogens with zero attached hydrogens (tertiary/aromatic N) is 2. The minimum atomic E-state index is -3.04. The molecule has 15 heavy (non-hydrogen) atoms. The Morgan fingerprint density at radius 2 is 2.27 bits per heavy atom. The number of methoxy groups -OCH3 is 1. The van der Waals surface area contributed by atoms with Crippen LogP contribution >= 0.6 is 0 Å². The molecule has 6 nitrogen and oxygen atoms in total. The van der Waals surface area contributed by atoms with Crippen LogP contribution in [0.2, 0.25) is 0 Å². The standard InChI is InChI=1S/C7H6F2N2O4/c1-15-7-5(12)3(6(8)9)2-4(10-7)11(13)14/h2,6,12H,1H3. The van der Waals surface area contributed by atoms with E-state index >= 15 is 0 Å². The maximum Gasteiger partial charge on any atom is 0.371 e. The molecule has 1 heterocycles. The highest BCUT2D eigenvalue weighted by Crippen LogP contribution is 2.36. The largest absolute Gasteiger partial charge is 0.501 e. The van der Waals surface area contributed by atoms with Crippen molar-refractivity contribution < 1.29 is 23.5 Å². The quantitative estimate of drug-likeness (QED) is 0.618. The topological polar surface area (TPSA) is 85.5 Å². The van der Waals surface area contributed by atoms with Crippen LogP contribution in [0.5, 0.6) is 11.6 Å². The molecular weight excluding hydrogens is 214 g/mol. The molecule has 0 aliphatic carbocycles. The first-order chi connectivity index (χ1) is 6.97. The molecule has 0 aliphatic heterocycles. The average Bonchev–Trinajstić information content (AvgIpc) is 2.17. The zero-order chi connectivity index (χ0) is 11.6. The second-order valence-electron chi connectivity index (χ2n) is 2.49. The van der Waals surface area contributed by atoms with E-state index in [0.717, 1.165) is 7.11 Å². The number of ether oxygens (including phenoxy) is 1. The summed E-state index contributed by atoms with van der Waals surface area (Å²) in [6.07, 6.45) is -3.04. The predicted molar refractivity (Wildman–Crippen MR) is 44.1 cm³/mol. The van der Waals surface area contributed by atoms with Crippen molar-refractivity contribution >= 4 is 5.82 Å². The fourth-order valence-electron chi connectivity index (χ4n) is 0.922. The summed E-state index contributed by atoms with van der Waals surface area (Å²) in [5.41, 5.74) is -0.881. The molecule has 0 saturated carbocycles. The van der Waals surface area contributed by atoms with E-state index in [4.69, 9.17) is 0 Å². The van der Waals surface area contributed by atoms with Gasteiger partial charge in [-0.25, -0.2) is 8.78 Å². The third kappa shape index (κ3) is 2.09. The normalized spacial score (nSPS) is 10.4. The second-order valence-corrected chi connectivity index (χ2v) is 2.49. The number of rotatable bonds is 3. The van der Waals surface area contributed by atoms with E-state index in [-0.39, 0.29) is 0 Å². The lowest BCUT2D eigenvalue weighted by Gasteiger charge is -2.04. The van der Waals surface area contributed by atoms with E-state index < -0.39 is 34.4 Å². The first-order valence-electron chi connectivity index (χ1n) is 3.67. The van der Waals surface area contributed by atoms with Gasteiger partial charge >= 0.3 is 11.7 Å². The monoisotopic (exact) mass is 220 g/mol. The third-order valence-electron chi connectivity index (χ3n) is 1.59. The smallest absolute Gasteiger partial charge is 0.371 e. The summed E-state index contributed by atoms with van der Waals surface area (Å²) < 4.78 is 29.1. The zero-order valence-electron chi connectivity index (χ0n) is 7.48. The molecule has 1 aromatic rings. The molecule has 0 saturated heterocycles. The van der Waals surface area contributed by atoms with E-state index in [1.54, 1.807) is 0 Å². The van der Waals surface area contributed by atoms with Crippen LogP contribution in [0.15, 0.2) is 6.07 Å². The SMILES string of the molecule is COc1nc([N+](=O)[O-])cc(C(F)F)c1O. The fraction of sp³-hybridized carbons (Fsp3) is 0.286. The Morgan fingerprint density at radius 1 is 1.67 bits per heavy atom. The Labute approximate surface area is 82.3 Å². The van der Waals surface area contributed by atoms with Gasteiger partial charge in [0, 0.05) is 11.1 Å². The summed E-state index contributed by atoms with van der Waals surface area (Å²) in [7, 11) is 1.06. The Balaban J connectivity index is 3.38. The van der Waals surface area contributed by atoms with Gasteiger partial charge < -0.3 is 20.0 Å². The Kier molecular flexibility index (Phi) is 2.98. The van der Waals surface area contributed by atoms with Crippen molar-refractivity contribution in [3.63, 3.8) is 0 Å². The fourth-order valence-corrected chi connectivity index (χ4v) is 0.922. The predicted octanol–water partition coefficient (Wildman–Crippen LogP) is 1.64. The van der Waals surface area contributed by atoms with E-state index in [0.29, 0.717) is 6.07 Å². The molecule has 0 aromatic carbocycles. The molecule has 0 unspecified atom stereocenters. The molecule has 0 aliphatic rings. The highest BCUT2D eigenvalue weighted by atomic mass is 19.3. The number of alkyl halides is 2. The lowest BCUT2D eigenvalue weighted by Crippen LogP contribution is -1.99. The zero-order valence-corrected chi connectivity index (χ0v) is 7.48. The molecule has 8 heteroatoms. The van der Waals surface area contributed by atoms with Gasteiger partial charge in [0.15, 0.2) is 0 Å². The minimum Gasteiger partial charge on any atom is -0.501 e. The number of aromatic hydroxyl groups is 1. The van der Waals surface area contributed by atoms with Crippen LogP contribution in [0.1, 0.15) is 12.0 Å². The van der Waals surface area contributed by atoms with Gasteiger partial charge in [0.1, 0.15) is 0 Å². The van der Waals surface area contributed by atoms with Crippen LogP contribution in [-0.4, -0.2) is 22.1 Å². The Bertz CT molecular complexity index is 397. The first kappa shape index (κ1) is 11.1. The van der Waals surface area contributed by atoms with E-state index in [1.165, 1.54) is 0 Å². The van der Waals surface area contributed by atoms with Crippen LogP contribution in [0.3, 0.4) is 0 Å². The van der Waals surface area contributed by atoms with Crippen LogP contribution in [0, 0.1) is 10.1 Å². The number of pyridine rings is 1. The molecule has 1 rings (SSSR count). The summed E-state index contributed by atoms with van der Waals surface area (Å²) in [4.78, 5) is 12.6. The Hall–Kier alpha value is -1.99. The van der Waals surface area contributed by atoms with Gasteiger partial charge in [0.05, 0.1) is 12.7 Å². The van der Waals surface area contributed by atoms with Gasteiger partial charge in [-0.2, -0.15) is 0 Å². The first-order valence-corrected chi connectivity index (χ1v) is 3.67. The number of aromatic nitrogens is 1. The maximum atomic E-state index is 12.3. The second kappa shape index (κ2) is 4.03. The van der Waals surface area contributed by atoms with Gasteiger partial charge in [0.25, 0.3) is 6.43 Å². The van der Waals surface area contributed by atoms with Crippen LogP contribution in [-0.2, 0) is 0 Å². The van der Waals surface area contributed by atoms with Crippen molar-refractivity contribution in [2.45, 2.75) is 6.43 Å². The highest BCUT2D eigenvalue weighted by molar-refractivity contribution is 5.46. The van der Waals surface area contributed by atoms with Crippen LogP contribution < -0.4 is 4.74 Å². The molecule has 1 N–H and O–H groups in total. The van der Waals surface area contributed by atoms with Gasteiger partial charge in [0.2, 0.25) is 5.75 Å². The molecular formula is C7H6F2N2O4. The van der Waals surface area contributed by atoms with Crippen LogP contribution in [0.25, 0.3) is 0 Å². The minimum absolute atomic E-state index is 0.502. The number of nitro groups is 1. The van der Waals surface area contributed by atoms with E-state index in [9.17, 15) is 24.0 Å². The van der Waals surface area contributed by atoms with Crippen molar-refractivity contribution in [2.75, 3.05) is 7.11 Å². The number of halogens is 2. The summed E-state index contributed by atoms with van der Waals surface area (Å²) in [6.45, 7) is 0. The lowest BCUT2D eigenvalue weighted by atomic mass is 10.2. The lowest BCUT2D eigenvalue weighted by molar-refractivity contribution is -0.389. The molecule has 1 aromatic heterocycles. The van der Waals surface area contributed by atoms with E-state index in [2.05, 4.69) is 9.72 Å².